The van der Waals surface area contributed by atoms with E-state index in [0.29, 0.717) is 17.8 Å². The van der Waals surface area contributed by atoms with Gasteiger partial charge in [-0.05, 0) is 6.42 Å². The van der Waals surface area contributed by atoms with Crippen molar-refractivity contribution in [1.29, 1.82) is 0 Å². The number of hydrogen-bond donors (Lipinski definition) is 1. The van der Waals surface area contributed by atoms with E-state index in [2.05, 4.69) is 35.9 Å². The molecule has 5 heteroatoms. The molecule has 0 aliphatic carbocycles. The molecule has 0 fully saturated rings. The van der Waals surface area contributed by atoms with Crippen LogP contribution in [0.15, 0.2) is 12.7 Å². The molecule has 4 nitrogen and oxygen atoms in total. The van der Waals surface area contributed by atoms with Gasteiger partial charge >= 0.3 is 0 Å². The van der Waals surface area contributed by atoms with Gasteiger partial charge in [-0.2, -0.15) is 0 Å². The van der Waals surface area contributed by atoms with Crippen molar-refractivity contribution in [3.63, 3.8) is 0 Å². The Morgan fingerprint density at radius 1 is 1.53 bits per heavy atom. The monoisotopic (exact) mass is 227 g/mol. The van der Waals surface area contributed by atoms with E-state index in [-0.39, 0.29) is 0 Å². The molecule has 1 N–H and O–H groups in total. The van der Waals surface area contributed by atoms with Crippen molar-refractivity contribution >= 4 is 11.3 Å². The molecule has 0 unspecified atom stereocenters. The molecule has 0 aliphatic heterocycles. The lowest BCUT2D eigenvalue weighted by atomic mass is 10.4. The van der Waals surface area contributed by atoms with E-state index < -0.39 is 0 Å². The molecule has 84 valence electrons. The van der Waals surface area contributed by atoms with Crippen LogP contribution in [0.1, 0.15) is 25.3 Å². The summed E-state index contributed by atoms with van der Waals surface area (Å²) in [6, 6.07) is 0.457. The fraction of sp³-hybridized carbons (Fsp3) is 0.600. The summed E-state index contributed by atoms with van der Waals surface area (Å²) < 4.78 is 5.38. The van der Waals surface area contributed by atoms with Crippen LogP contribution < -0.4 is 10.1 Å². The summed E-state index contributed by atoms with van der Waals surface area (Å²) in [5.41, 5.74) is 0. The molecule has 0 aromatic carbocycles. The second kappa shape index (κ2) is 6.53. The van der Waals surface area contributed by atoms with Gasteiger partial charge in [0.25, 0.3) is 5.19 Å². The molecule has 0 radical (unpaired) electrons. The van der Waals surface area contributed by atoms with Gasteiger partial charge in [-0.3, -0.25) is 0 Å². The van der Waals surface area contributed by atoms with Gasteiger partial charge in [-0.15, -0.1) is 16.8 Å². The van der Waals surface area contributed by atoms with Gasteiger partial charge in [-0.1, -0.05) is 31.3 Å². The van der Waals surface area contributed by atoms with Crippen molar-refractivity contribution in [3.8, 4) is 5.19 Å². The highest BCUT2D eigenvalue weighted by molar-refractivity contribution is 7.13. The van der Waals surface area contributed by atoms with Gasteiger partial charge in [0.2, 0.25) is 0 Å². The quantitative estimate of drug-likeness (QED) is 0.571. The summed E-state index contributed by atoms with van der Waals surface area (Å²) in [5.74, 6) is 0. The number of nitrogens with zero attached hydrogens (tertiary/aromatic N) is 2. The lowest BCUT2D eigenvalue weighted by Gasteiger charge is -2.03. The zero-order valence-corrected chi connectivity index (χ0v) is 10.0. The Hall–Kier alpha value is -0.940. The van der Waals surface area contributed by atoms with E-state index in [1.807, 2.05) is 6.08 Å². The van der Waals surface area contributed by atoms with E-state index in [0.717, 1.165) is 18.0 Å². The zero-order chi connectivity index (χ0) is 11.1. The van der Waals surface area contributed by atoms with Gasteiger partial charge in [-0.25, -0.2) is 0 Å². The van der Waals surface area contributed by atoms with Crippen LogP contribution in [-0.4, -0.2) is 22.8 Å². The first-order valence-electron chi connectivity index (χ1n) is 5.02. The zero-order valence-electron chi connectivity index (χ0n) is 9.19. The van der Waals surface area contributed by atoms with Gasteiger partial charge < -0.3 is 10.1 Å². The molecule has 0 amide bonds. The highest BCUT2D eigenvalue weighted by atomic mass is 32.1. The molecule has 1 rings (SSSR count). The topological polar surface area (TPSA) is 47.0 Å². The van der Waals surface area contributed by atoms with Gasteiger partial charge in [0.05, 0.1) is 13.2 Å². The van der Waals surface area contributed by atoms with Crippen molar-refractivity contribution in [2.24, 2.45) is 0 Å². The van der Waals surface area contributed by atoms with E-state index >= 15 is 0 Å². The van der Waals surface area contributed by atoms with Crippen LogP contribution in [-0.2, 0) is 6.54 Å². The van der Waals surface area contributed by atoms with Gasteiger partial charge in [0.15, 0.2) is 0 Å². The summed E-state index contributed by atoms with van der Waals surface area (Å²) in [4.78, 5) is 0. The number of hydrogen-bond acceptors (Lipinski definition) is 5. The fourth-order valence-corrected chi connectivity index (χ4v) is 1.55. The number of aromatic nitrogens is 2. The van der Waals surface area contributed by atoms with E-state index in [1.54, 1.807) is 0 Å². The number of rotatable bonds is 7. The van der Waals surface area contributed by atoms with Crippen LogP contribution in [0.2, 0.25) is 0 Å². The predicted octanol–water partition coefficient (Wildman–Crippen LogP) is 1.99. The molecule has 0 spiro atoms. The third-order valence-electron chi connectivity index (χ3n) is 1.66. The molecule has 1 aromatic heterocycles. The second-order valence-corrected chi connectivity index (χ2v) is 4.45. The van der Waals surface area contributed by atoms with E-state index in [4.69, 9.17) is 4.74 Å². The minimum absolute atomic E-state index is 0.457. The van der Waals surface area contributed by atoms with Crippen LogP contribution in [0.25, 0.3) is 0 Å². The Kier molecular flexibility index (Phi) is 5.28. The predicted molar refractivity (Wildman–Crippen MR) is 62.2 cm³/mol. The van der Waals surface area contributed by atoms with Crippen molar-refractivity contribution in [1.82, 2.24) is 15.5 Å². The van der Waals surface area contributed by atoms with Crippen LogP contribution in [0.4, 0.5) is 0 Å². The minimum atomic E-state index is 0.457. The largest absolute Gasteiger partial charge is 0.469 e. The molecule has 15 heavy (non-hydrogen) atoms. The first-order valence-corrected chi connectivity index (χ1v) is 5.83. The third kappa shape index (κ3) is 4.90. The Bertz CT molecular complexity index is 299. The molecule has 0 bridgehead atoms. The Balaban J connectivity index is 2.32. The molecule has 1 aromatic rings. The average Bonchev–Trinajstić information content (AvgIpc) is 2.63. The summed E-state index contributed by atoms with van der Waals surface area (Å²) in [7, 11) is 0. The van der Waals surface area contributed by atoms with Crippen molar-refractivity contribution < 1.29 is 4.74 Å². The minimum Gasteiger partial charge on any atom is -0.469 e. The van der Waals surface area contributed by atoms with E-state index in [9.17, 15) is 0 Å². The van der Waals surface area contributed by atoms with Gasteiger partial charge in [0.1, 0.15) is 5.01 Å². The highest BCUT2D eigenvalue weighted by Crippen LogP contribution is 2.17. The molecule has 1 heterocycles. The van der Waals surface area contributed by atoms with Crippen LogP contribution >= 0.6 is 11.3 Å². The van der Waals surface area contributed by atoms with E-state index in [1.165, 1.54) is 11.3 Å². The summed E-state index contributed by atoms with van der Waals surface area (Å²) in [6.45, 7) is 9.19. The molecule has 0 saturated carbocycles. The first-order chi connectivity index (χ1) is 7.22. The normalized spacial score (nSPS) is 10.6. The van der Waals surface area contributed by atoms with Crippen molar-refractivity contribution in [3.05, 3.63) is 17.7 Å². The third-order valence-corrected chi connectivity index (χ3v) is 2.49. The Morgan fingerprint density at radius 3 is 3.00 bits per heavy atom. The van der Waals surface area contributed by atoms with Crippen LogP contribution in [0.5, 0.6) is 5.19 Å². The maximum absolute atomic E-state index is 5.38. The SMILES string of the molecule is C=CCCOc1nnc(CNC(C)C)s1. The Labute approximate surface area is 94.4 Å². The Morgan fingerprint density at radius 2 is 2.33 bits per heavy atom. The van der Waals surface area contributed by atoms with Crippen molar-refractivity contribution in [2.75, 3.05) is 6.61 Å². The lowest BCUT2D eigenvalue weighted by Crippen LogP contribution is -2.21. The van der Waals surface area contributed by atoms with Crippen LogP contribution in [0, 0.1) is 0 Å². The standard InChI is InChI=1S/C10H17N3OS/c1-4-5-6-14-10-13-12-9(15-10)7-11-8(2)3/h4,8,11H,1,5-7H2,2-3H3. The second-order valence-electron chi connectivity index (χ2n) is 3.42. The summed E-state index contributed by atoms with van der Waals surface area (Å²) in [6.07, 6.45) is 2.65. The average molecular weight is 227 g/mol. The molecule has 0 atom stereocenters. The highest BCUT2D eigenvalue weighted by Gasteiger charge is 2.04. The maximum atomic E-state index is 5.38. The number of ether oxygens (including phenoxy) is 1. The molecule has 0 saturated heterocycles. The lowest BCUT2D eigenvalue weighted by molar-refractivity contribution is 0.320. The molecule has 0 aliphatic rings. The molecular formula is C10H17N3OS. The van der Waals surface area contributed by atoms with Crippen LogP contribution in [0.3, 0.4) is 0 Å². The van der Waals surface area contributed by atoms with Crippen molar-refractivity contribution in [2.45, 2.75) is 32.9 Å². The maximum Gasteiger partial charge on any atom is 0.294 e. The first kappa shape index (κ1) is 12.1. The van der Waals surface area contributed by atoms with Gasteiger partial charge in [0, 0.05) is 6.04 Å². The number of nitrogens with one attached hydrogen (secondary N) is 1. The summed E-state index contributed by atoms with van der Waals surface area (Å²) >= 11 is 1.48. The fourth-order valence-electron chi connectivity index (χ4n) is 0.889. The smallest absolute Gasteiger partial charge is 0.294 e. The summed E-state index contributed by atoms with van der Waals surface area (Å²) in [5, 5.41) is 12.8. The molecular weight excluding hydrogens is 210 g/mol.